The van der Waals surface area contributed by atoms with Gasteiger partial charge in [-0.1, -0.05) is 35.9 Å². The number of amides is 2. The van der Waals surface area contributed by atoms with Crippen molar-refractivity contribution in [1.82, 2.24) is 24.8 Å². The molecule has 1 aromatic carbocycles. The van der Waals surface area contributed by atoms with E-state index in [-0.39, 0.29) is 43.0 Å². The summed E-state index contributed by atoms with van der Waals surface area (Å²) in [7, 11) is 0. The van der Waals surface area contributed by atoms with Crippen LogP contribution in [0, 0.1) is 0 Å². The fraction of sp³-hybridized carbons (Fsp3) is 0.250. The van der Waals surface area contributed by atoms with Crippen molar-refractivity contribution < 1.29 is 14.7 Å². The number of aliphatic hydroxyl groups is 1. The molecule has 1 atom stereocenters. The molecular formula is C20H22ClN7O3. The molecule has 10 nitrogen and oxygen atoms in total. The average molecular weight is 444 g/mol. The first kappa shape index (κ1) is 22.2. The molecule has 0 bridgehead atoms. The number of carbonyl (C=O) groups excluding carboxylic acids is 2. The van der Waals surface area contributed by atoms with Gasteiger partial charge in [0.05, 0.1) is 6.61 Å². The maximum Gasteiger partial charge on any atom is 0.242 e. The molecule has 2 amide bonds. The van der Waals surface area contributed by atoms with Gasteiger partial charge >= 0.3 is 0 Å². The Morgan fingerprint density at radius 1 is 1.19 bits per heavy atom. The van der Waals surface area contributed by atoms with Gasteiger partial charge in [-0.3, -0.25) is 14.2 Å². The van der Waals surface area contributed by atoms with Crippen LogP contribution in [-0.4, -0.2) is 42.5 Å². The van der Waals surface area contributed by atoms with Crippen molar-refractivity contribution in [2.75, 3.05) is 5.32 Å². The maximum atomic E-state index is 12.8. The highest BCUT2D eigenvalue weighted by atomic mass is 35.5. The lowest BCUT2D eigenvalue weighted by Gasteiger charge is -2.19. The quantitative estimate of drug-likeness (QED) is 0.344. The van der Waals surface area contributed by atoms with E-state index in [0.717, 1.165) is 11.1 Å². The molecule has 3 rings (SSSR count). The monoisotopic (exact) mass is 443 g/mol. The second-order valence-electron chi connectivity index (χ2n) is 6.74. The zero-order valence-electron chi connectivity index (χ0n) is 16.5. The Morgan fingerprint density at radius 2 is 1.94 bits per heavy atom. The molecule has 0 aliphatic carbocycles. The summed E-state index contributed by atoms with van der Waals surface area (Å²) in [6, 6.07) is 7.92. The predicted molar refractivity (Wildman–Crippen MR) is 114 cm³/mol. The average Bonchev–Trinajstić information content (AvgIpc) is 3.30. The Hall–Kier alpha value is -3.50. The first-order valence-corrected chi connectivity index (χ1v) is 9.86. The SMILES string of the molecule is NC(=O)CCC(Nc1cc(Cl)nc(-n2ccnc2)n1)C(=O)NCc1ccc(CO)cc1. The van der Waals surface area contributed by atoms with Gasteiger partial charge in [0, 0.05) is 31.4 Å². The number of carbonyl (C=O) groups is 2. The molecule has 0 aliphatic rings. The third kappa shape index (κ3) is 6.49. The first-order chi connectivity index (χ1) is 14.9. The van der Waals surface area contributed by atoms with E-state index in [4.69, 9.17) is 22.4 Å². The van der Waals surface area contributed by atoms with Crippen LogP contribution in [0.15, 0.2) is 49.1 Å². The topological polar surface area (TPSA) is 148 Å². The van der Waals surface area contributed by atoms with Crippen LogP contribution in [-0.2, 0) is 22.7 Å². The van der Waals surface area contributed by atoms with Gasteiger partial charge in [-0.15, -0.1) is 0 Å². The highest BCUT2D eigenvalue weighted by Gasteiger charge is 2.20. The van der Waals surface area contributed by atoms with Crippen LogP contribution in [0.5, 0.6) is 0 Å². The van der Waals surface area contributed by atoms with E-state index in [1.807, 2.05) is 12.1 Å². The summed E-state index contributed by atoms with van der Waals surface area (Å²) < 4.78 is 1.57. The summed E-state index contributed by atoms with van der Waals surface area (Å²) in [6.45, 7) is 0.235. The summed E-state index contributed by atoms with van der Waals surface area (Å²) >= 11 is 6.11. The molecule has 1 unspecified atom stereocenters. The van der Waals surface area contributed by atoms with E-state index in [1.165, 1.54) is 12.4 Å². The van der Waals surface area contributed by atoms with E-state index in [1.54, 1.807) is 29.1 Å². The zero-order chi connectivity index (χ0) is 22.2. The molecule has 162 valence electrons. The predicted octanol–water partition coefficient (Wildman–Crippen LogP) is 1.17. The fourth-order valence-electron chi connectivity index (χ4n) is 2.78. The van der Waals surface area contributed by atoms with E-state index < -0.39 is 11.9 Å². The van der Waals surface area contributed by atoms with Gasteiger partial charge in [0.25, 0.3) is 0 Å². The van der Waals surface area contributed by atoms with Crippen molar-refractivity contribution in [2.45, 2.75) is 32.0 Å². The highest BCUT2D eigenvalue weighted by Crippen LogP contribution is 2.16. The molecule has 0 radical (unpaired) electrons. The minimum absolute atomic E-state index is 0.0173. The molecule has 0 spiro atoms. The smallest absolute Gasteiger partial charge is 0.242 e. The fourth-order valence-corrected chi connectivity index (χ4v) is 2.96. The summed E-state index contributed by atoms with van der Waals surface area (Å²) in [6.07, 6.45) is 4.95. The Bertz CT molecular complexity index is 1030. The largest absolute Gasteiger partial charge is 0.392 e. The van der Waals surface area contributed by atoms with Crippen molar-refractivity contribution in [3.63, 3.8) is 0 Å². The van der Waals surface area contributed by atoms with Gasteiger partial charge in [-0.05, 0) is 17.5 Å². The van der Waals surface area contributed by atoms with Crippen LogP contribution in [0.1, 0.15) is 24.0 Å². The van der Waals surface area contributed by atoms with Gasteiger partial charge in [0.2, 0.25) is 17.8 Å². The molecule has 0 fully saturated rings. The summed E-state index contributed by atoms with van der Waals surface area (Å²) in [5, 5.41) is 15.1. The standard InChI is InChI=1S/C20H22ClN7O3/c21-16-9-18(27-20(26-16)28-8-7-23-12-28)25-15(5-6-17(22)30)19(31)24-10-13-1-3-14(11-29)4-2-13/h1-4,7-9,12,15,29H,5-6,10-11H2,(H2,22,30)(H,24,31)(H,25,26,27). The van der Waals surface area contributed by atoms with Gasteiger partial charge < -0.3 is 21.5 Å². The molecule has 5 N–H and O–H groups in total. The molecule has 2 aromatic heterocycles. The minimum Gasteiger partial charge on any atom is -0.392 e. The Labute approximate surface area is 183 Å². The molecular weight excluding hydrogens is 422 g/mol. The molecule has 0 saturated heterocycles. The normalized spacial score (nSPS) is 11.7. The van der Waals surface area contributed by atoms with Crippen LogP contribution < -0.4 is 16.4 Å². The number of primary amides is 1. The third-order valence-corrected chi connectivity index (χ3v) is 4.60. The number of anilines is 1. The van der Waals surface area contributed by atoms with Crippen LogP contribution in [0.2, 0.25) is 5.15 Å². The second kappa shape index (κ2) is 10.5. The summed E-state index contributed by atoms with van der Waals surface area (Å²) in [5.41, 5.74) is 6.91. The van der Waals surface area contributed by atoms with Crippen molar-refractivity contribution in [1.29, 1.82) is 0 Å². The van der Waals surface area contributed by atoms with Gasteiger partial charge in [0.15, 0.2) is 0 Å². The first-order valence-electron chi connectivity index (χ1n) is 9.48. The van der Waals surface area contributed by atoms with Gasteiger partial charge in [-0.2, -0.15) is 4.98 Å². The van der Waals surface area contributed by atoms with Crippen molar-refractivity contribution in [3.05, 3.63) is 65.3 Å². The molecule has 31 heavy (non-hydrogen) atoms. The van der Waals surface area contributed by atoms with Crippen LogP contribution in [0.3, 0.4) is 0 Å². The molecule has 2 heterocycles. The minimum atomic E-state index is -0.772. The van der Waals surface area contributed by atoms with E-state index in [2.05, 4.69) is 25.6 Å². The number of nitrogens with zero attached hydrogens (tertiary/aromatic N) is 4. The number of nitrogens with two attached hydrogens (primary N) is 1. The number of aliphatic hydroxyl groups excluding tert-OH is 1. The van der Waals surface area contributed by atoms with Crippen molar-refractivity contribution in [2.24, 2.45) is 5.73 Å². The zero-order valence-corrected chi connectivity index (χ0v) is 17.3. The van der Waals surface area contributed by atoms with E-state index in [0.29, 0.717) is 5.82 Å². The van der Waals surface area contributed by atoms with Crippen molar-refractivity contribution >= 4 is 29.2 Å². The molecule has 0 saturated carbocycles. The summed E-state index contributed by atoms with van der Waals surface area (Å²) in [5.74, 6) is -0.239. The number of imidazole rings is 1. The second-order valence-corrected chi connectivity index (χ2v) is 7.13. The van der Waals surface area contributed by atoms with Crippen molar-refractivity contribution in [3.8, 4) is 5.95 Å². The maximum absolute atomic E-state index is 12.8. The van der Waals surface area contributed by atoms with Gasteiger partial charge in [0.1, 0.15) is 23.3 Å². The number of rotatable bonds is 10. The Morgan fingerprint density at radius 3 is 2.58 bits per heavy atom. The number of halogens is 1. The highest BCUT2D eigenvalue weighted by molar-refractivity contribution is 6.29. The number of hydrogen-bond acceptors (Lipinski definition) is 7. The molecule has 3 aromatic rings. The number of benzene rings is 1. The lowest BCUT2D eigenvalue weighted by atomic mass is 10.1. The lowest BCUT2D eigenvalue weighted by Crippen LogP contribution is -2.40. The lowest BCUT2D eigenvalue weighted by molar-refractivity contribution is -0.122. The number of nitrogens with one attached hydrogen (secondary N) is 2. The molecule has 0 aliphatic heterocycles. The number of hydrogen-bond donors (Lipinski definition) is 4. The number of aromatic nitrogens is 4. The van der Waals surface area contributed by atoms with E-state index >= 15 is 0 Å². The van der Waals surface area contributed by atoms with Crippen LogP contribution in [0.4, 0.5) is 5.82 Å². The van der Waals surface area contributed by atoms with Gasteiger partial charge in [-0.25, -0.2) is 9.97 Å². The Balaban J connectivity index is 1.72. The van der Waals surface area contributed by atoms with E-state index in [9.17, 15) is 9.59 Å². The summed E-state index contributed by atoms with van der Waals surface area (Å²) in [4.78, 5) is 36.5. The third-order valence-electron chi connectivity index (χ3n) is 4.41. The van der Waals surface area contributed by atoms with Crippen LogP contribution in [0.25, 0.3) is 5.95 Å². The van der Waals surface area contributed by atoms with Crippen LogP contribution >= 0.6 is 11.6 Å². The Kier molecular flexibility index (Phi) is 7.52. The molecule has 11 heteroatoms.